The van der Waals surface area contributed by atoms with Crippen LogP contribution in [0.15, 0.2) is 24.5 Å². The predicted molar refractivity (Wildman–Crippen MR) is 52.7 cm³/mol. The molecule has 1 N–H and O–H groups in total. The SMILES string of the molecule is ClCCCCNc1ccncc1. The second kappa shape index (κ2) is 5.84. The molecule has 0 aliphatic carbocycles. The molecule has 3 heteroatoms. The van der Waals surface area contributed by atoms with E-state index in [2.05, 4.69) is 10.3 Å². The van der Waals surface area contributed by atoms with E-state index in [9.17, 15) is 0 Å². The van der Waals surface area contributed by atoms with Crippen molar-refractivity contribution in [2.24, 2.45) is 0 Å². The van der Waals surface area contributed by atoms with Gasteiger partial charge in [0.2, 0.25) is 0 Å². The molecule has 0 unspecified atom stereocenters. The Morgan fingerprint density at radius 1 is 1.25 bits per heavy atom. The topological polar surface area (TPSA) is 24.9 Å². The summed E-state index contributed by atoms with van der Waals surface area (Å²) in [7, 11) is 0. The lowest BCUT2D eigenvalue weighted by Crippen LogP contribution is -2.01. The van der Waals surface area contributed by atoms with Gasteiger partial charge in [-0.3, -0.25) is 4.98 Å². The molecule has 1 aromatic rings. The van der Waals surface area contributed by atoms with E-state index in [-0.39, 0.29) is 0 Å². The standard InChI is InChI=1S/C9H13ClN2/c10-5-1-2-6-12-9-3-7-11-8-4-9/h3-4,7-8H,1-2,5-6H2,(H,11,12). The molecule has 1 aromatic heterocycles. The first kappa shape index (κ1) is 9.33. The third-order valence-corrected chi connectivity index (χ3v) is 1.84. The van der Waals surface area contributed by atoms with Crippen LogP contribution in [-0.4, -0.2) is 17.4 Å². The summed E-state index contributed by atoms with van der Waals surface area (Å²) in [5.74, 6) is 0.748. The minimum Gasteiger partial charge on any atom is -0.385 e. The van der Waals surface area contributed by atoms with Gasteiger partial charge in [-0.15, -0.1) is 11.6 Å². The van der Waals surface area contributed by atoms with Crippen molar-refractivity contribution in [1.29, 1.82) is 0 Å². The van der Waals surface area contributed by atoms with Gasteiger partial charge in [-0.05, 0) is 25.0 Å². The summed E-state index contributed by atoms with van der Waals surface area (Å²) in [4.78, 5) is 3.93. The van der Waals surface area contributed by atoms with E-state index in [1.165, 1.54) is 0 Å². The number of halogens is 1. The van der Waals surface area contributed by atoms with E-state index in [1.54, 1.807) is 12.4 Å². The van der Waals surface area contributed by atoms with E-state index < -0.39 is 0 Å². The zero-order valence-electron chi connectivity index (χ0n) is 6.96. The Balaban J connectivity index is 2.16. The summed E-state index contributed by atoms with van der Waals surface area (Å²) >= 11 is 5.55. The van der Waals surface area contributed by atoms with Crippen LogP contribution in [0.4, 0.5) is 5.69 Å². The fourth-order valence-corrected chi connectivity index (χ4v) is 1.11. The maximum atomic E-state index is 5.55. The van der Waals surface area contributed by atoms with Crippen LogP contribution in [0.1, 0.15) is 12.8 Å². The number of aromatic nitrogens is 1. The van der Waals surface area contributed by atoms with Crippen LogP contribution in [0.5, 0.6) is 0 Å². The first-order valence-electron chi connectivity index (χ1n) is 4.13. The fraction of sp³-hybridized carbons (Fsp3) is 0.444. The second-order valence-corrected chi connectivity index (χ2v) is 2.94. The van der Waals surface area contributed by atoms with Crippen molar-refractivity contribution < 1.29 is 0 Å². The summed E-state index contributed by atoms with van der Waals surface area (Å²) in [5.41, 5.74) is 1.12. The maximum absolute atomic E-state index is 5.55. The number of rotatable bonds is 5. The number of nitrogens with zero attached hydrogens (tertiary/aromatic N) is 1. The summed E-state index contributed by atoms with van der Waals surface area (Å²) in [6.07, 6.45) is 5.75. The van der Waals surface area contributed by atoms with Crippen LogP contribution < -0.4 is 5.32 Å². The Labute approximate surface area is 78.0 Å². The van der Waals surface area contributed by atoms with Gasteiger partial charge < -0.3 is 5.32 Å². The Kier molecular flexibility index (Phi) is 4.54. The van der Waals surface area contributed by atoms with Crippen molar-refractivity contribution in [2.75, 3.05) is 17.7 Å². The number of alkyl halides is 1. The molecule has 0 saturated carbocycles. The van der Waals surface area contributed by atoms with Gasteiger partial charge in [0.25, 0.3) is 0 Å². The van der Waals surface area contributed by atoms with Crippen LogP contribution in [-0.2, 0) is 0 Å². The average Bonchev–Trinajstić information content (AvgIpc) is 2.14. The predicted octanol–water partition coefficient (Wildman–Crippen LogP) is 2.51. The summed E-state index contributed by atoms with van der Waals surface area (Å²) < 4.78 is 0. The van der Waals surface area contributed by atoms with Crippen LogP contribution >= 0.6 is 11.6 Å². The monoisotopic (exact) mass is 184 g/mol. The normalized spacial score (nSPS) is 9.75. The van der Waals surface area contributed by atoms with Gasteiger partial charge in [-0.25, -0.2) is 0 Å². The van der Waals surface area contributed by atoms with Crippen LogP contribution in [0.2, 0.25) is 0 Å². The third kappa shape index (κ3) is 3.58. The van der Waals surface area contributed by atoms with Gasteiger partial charge >= 0.3 is 0 Å². The highest BCUT2D eigenvalue weighted by atomic mass is 35.5. The van der Waals surface area contributed by atoms with Crippen molar-refractivity contribution >= 4 is 17.3 Å². The molecule has 0 bridgehead atoms. The molecule has 0 radical (unpaired) electrons. The molecule has 1 heterocycles. The van der Waals surface area contributed by atoms with Crippen LogP contribution in [0.25, 0.3) is 0 Å². The van der Waals surface area contributed by atoms with Gasteiger partial charge in [0.15, 0.2) is 0 Å². The molecule has 0 aliphatic heterocycles. The molecule has 0 amide bonds. The first-order valence-corrected chi connectivity index (χ1v) is 4.67. The highest BCUT2D eigenvalue weighted by molar-refractivity contribution is 6.17. The van der Waals surface area contributed by atoms with Crippen LogP contribution in [0, 0.1) is 0 Å². The lowest BCUT2D eigenvalue weighted by atomic mass is 10.3. The number of unbranched alkanes of at least 4 members (excludes halogenated alkanes) is 1. The molecule has 66 valence electrons. The van der Waals surface area contributed by atoms with E-state index in [1.807, 2.05) is 12.1 Å². The fourth-order valence-electron chi connectivity index (χ4n) is 0.922. The van der Waals surface area contributed by atoms with E-state index >= 15 is 0 Å². The highest BCUT2D eigenvalue weighted by Gasteiger charge is 1.88. The molecule has 0 aromatic carbocycles. The number of nitrogens with one attached hydrogen (secondary N) is 1. The van der Waals surface area contributed by atoms with E-state index in [0.717, 1.165) is 31.0 Å². The first-order chi connectivity index (χ1) is 5.93. The molecular formula is C9H13ClN2. The molecule has 1 rings (SSSR count). The number of hydrogen-bond donors (Lipinski definition) is 1. The summed E-state index contributed by atoms with van der Waals surface area (Å²) in [5, 5.41) is 3.28. The Morgan fingerprint density at radius 2 is 2.00 bits per heavy atom. The molecule has 0 spiro atoms. The Bertz CT molecular complexity index is 201. The number of pyridine rings is 1. The Morgan fingerprint density at radius 3 is 2.67 bits per heavy atom. The van der Waals surface area contributed by atoms with Gasteiger partial charge in [0, 0.05) is 30.5 Å². The minimum atomic E-state index is 0.748. The smallest absolute Gasteiger partial charge is 0.0371 e. The molecule has 0 fully saturated rings. The van der Waals surface area contributed by atoms with Crippen molar-refractivity contribution in [3.8, 4) is 0 Å². The zero-order chi connectivity index (χ0) is 8.65. The van der Waals surface area contributed by atoms with Crippen LogP contribution in [0.3, 0.4) is 0 Å². The second-order valence-electron chi connectivity index (χ2n) is 2.56. The lowest BCUT2D eigenvalue weighted by molar-refractivity contribution is 0.839. The molecular weight excluding hydrogens is 172 g/mol. The van der Waals surface area contributed by atoms with Crippen molar-refractivity contribution in [3.63, 3.8) is 0 Å². The lowest BCUT2D eigenvalue weighted by Gasteiger charge is -2.03. The van der Waals surface area contributed by atoms with Crippen molar-refractivity contribution in [3.05, 3.63) is 24.5 Å². The minimum absolute atomic E-state index is 0.748. The summed E-state index contributed by atoms with van der Waals surface area (Å²) in [6.45, 7) is 0.983. The maximum Gasteiger partial charge on any atom is 0.0371 e. The molecule has 12 heavy (non-hydrogen) atoms. The highest BCUT2D eigenvalue weighted by Crippen LogP contribution is 2.03. The number of anilines is 1. The van der Waals surface area contributed by atoms with Gasteiger partial charge in [-0.2, -0.15) is 0 Å². The zero-order valence-corrected chi connectivity index (χ0v) is 7.72. The average molecular weight is 185 g/mol. The molecule has 0 aliphatic rings. The van der Waals surface area contributed by atoms with Gasteiger partial charge in [-0.1, -0.05) is 0 Å². The largest absolute Gasteiger partial charge is 0.385 e. The molecule has 0 saturated heterocycles. The number of hydrogen-bond acceptors (Lipinski definition) is 2. The van der Waals surface area contributed by atoms with E-state index in [4.69, 9.17) is 11.6 Å². The van der Waals surface area contributed by atoms with Gasteiger partial charge in [0.1, 0.15) is 0 Å². The van der Waals surface area contributed by atoms with E-state index in [0.29, 0.717) is 0 Å². The molecule has 2 nitrogen and oxygen atoms in total. The summed E-state index contributed by atoms with van der Waals surface area (Å²) in [6, 6.07) is 3.92. The van der Waals surface area contributed by atoms with Crippen molar-refractivity contribution in [2.45, 2.75) is 12.8 Å². The van der Waals surface area contributed by atoms with Crippen molar-refractivity contribution in [1.82, 2.24) is 4.98 Å². The Hall–Kier alpha value is -0.760. The van der Waals surface area contributed by atoms with Gasteiger partial charge in [0.05, 0.1) is 0 Å². The quantitative estimate of drug-likeness (QED) is 0.562. The molecule has 0 atom stereocenters. The third-order valence-electron chi connectivity index (χ3n) is 1.57.